The minimum atomic E-state index is 0.231. The average molecular weight is 375 g/mol. The zero-order valence-electron chi connectivity index (χ0n) is 14.9. The molecule has 2 aliphatic rings. The molecule has 0 bridgehead atoms. The molecule has 2 aliphatic heterocycles. The van der Waals surface area contributed by atoms with Crippen molar-refractivity contribution in [2.45, 2.75) is 25.3 Å². The van der Waals surface area contributed by atoms with Crippen molar-refractivity contribution in [2.75, 3.05) is 45.9 Å². The maximum Gasteiger partial charge on any atom is 0.236 e. The molecular formula is C18H25N5O2S. The summed E-state index contributed by atoms with van der Waals surface area (Å²) in [6.45, 7) is 6.01. The van der Waals surface area contributed by atoms with Crippen LogP contribution in [-0.4, -0.2) is 76.2 Å². The van der Waals surface area contributed by atoms with Crippen molar-refractivity contribution in [1.29, 1.82) is 0 Å². The molecule has 26 heavy (non-hydrogen) atoms. The lowest BCUT2D eigenvalue weighted by Gasteiger charge is -2.35. The van der Waals surface area contributed by atoms with E-state index in [1.807, 2.05) is 22.8 Å². The monoisotopic (exact) mass is 375 g/mol. The zero-order valence-corrected chi connectivity index (χ0v) is 15.7. The molecule has 0 aromatic carbocycles. The summed E-state index contributed by atoms with van der Waals surface area (Å²) in [6.07, 6.45) is 5.98. The van der Waals surface area contributed by atoms with Crippen LogP contribution in [0.5, 0.6) is 0 Å². The first-order valence-corrected chi connectivity index (χ1v) is 10.2. The lowest BCUT2D eigenvalue weighted by atomic mass is 9.97. The van der Waals surface area contributed by atoms with Gasteiger partial charge in [-0.25, -0.2) is 9.97 Å². The molecule has 2 fully saturated rings. The minimum Gasteiger partial charge on any atom is -0.379 e. The highest BCUT2D eigenvalue weighted by Gasteiger charge is 2.28. The molecule has 7 nitrogen and oxygen atoms in total. The van der Waals surface area contributed by atoms with Gasteiger partial charge in [0.05, 0.1) is 37.5 Å². The number of carbonyl (C=O) groups is 1. The number of hydrogen-bond donors (Lipinski definition) is 0. The average Bonchev–Trinajstić information content (AvgIpc) is 3.35. The number of morpholine rings is 1. The van der Waals surface area contributed by atoms with E-state index in [1.54, 1.807) is 11.3 Å². The van der Waals surface area contributed by atoms with Gasteiger partial charge in [0, 0.05) is 49.9 Å². The SMILES string of the molecule is O=C(CN1CCOCC1)N1CCC[C@H](c2nccn2Cc2cscn2)C1. The van der Waals surface area contributed by atoms with Gasteiger partial charge in [0.15, 0.2) is 0 Å². The lowest BCUT2D eigenvalue weighted by molar-refractivity contribution is -0.134. The quantitative estimate of drug-likeness (QED) is 0.791. The molecule has 140 valence electrons. The number of imidazole rings is 1. The Morgan fingerprint density at radius 1 is 1.27 bits per heavy atom. The molecule has 8 heteroatoms. The van der Waals surface area contributed by atoms with Gasteiger partial charge in [0.2, 0.25) is 5.91 Å². The minimum absolute atomic E-state index is 0.231. The van der Waals surface area contributed by atoms with Crippen molar-refractivity contribution >= 4 is 17.2 Å². The smallest absolute Gasteiger partial charge is 0.236 e. The summed E-state index contributed by atoms with van der Waals surface area (Å²) in [4.78, 5) is 25.9. The van der Waals surface area contributed by atoms with Crippen molar-refractivity contribution in [1.82, 2.24) is 24.3 Å². The predicted octanol–water partition coefficient (Wildman–Crippen LogP) is 1.43. The Labute approximate surface area is 157 Å². The number of ether oxygens (including phenoxy) is 1. The molecule has 0 spiro atoms. The van der Waals surface area contributed by atoms with Crippen LogP contribution in [0.3, 0.4) is 0 Å². The first kappa shape index (κ1) is 17.6. The highest BCUT2D eigenvalue weighted by atomic mass is 32.1. The van der Waals surface area contributed by atoms with Gasteiger partial charge in [-0.2, -0.15) is 0 Å². The van der Waals surface area contributed by atoms with Crippen LogP contribution in [0, 0.1) is 0 Å². The maximum absolute atomic E-state index is 12.7. The van der Waals surface area contributed by atoms with Gasteiger partial charge >= 0.3 is 0 Å². The van der Waals surface area contributed by atoms with Crippen LogP contribution in [0.15, 0.2) is 23.3 Å². The number of carbonyl (C=O) groups excluding carboxylic acids is 1. The molecule has 0 unspecified atom stereocenters. The van der Waals surface area contributed by atoms with Gasteiger partial charge in [-0.1, -0.05) is 0 Å². The van der Waals surface area contributed by atoms with Gasteiger partial charge in [-0.3, -0.25) is 9.69 Å². The number of aromatic nitrogens is 3. The van der Waals surface area contributed by atoms with Gasteiger partial charge in [0.1, 0.15) is 5.82 Å². The van der Waals surface area contributed by atoms with Crippen LogP contribution in [0.25, 0.3) is 0 Å². The second kappa shape index (κ2) is 8.28. The molecule has 0 aliphatic carbocycles. The van der Waals surface area contributed by atoms with E-state index in [9.17, 15) is 4.79 Å². The summed E-state index contributed by atoms with van der Waals surface area (Å²) in [6, 6.07) is 0. The number of nitrogens with zero attached hydrogens (tertiary/aromatic N) is 5. The van der Waals surface area contributed by atoms with E-state index in [0.29, 0.717) is 12.5 Å². The Bertz CT molecular complexity index is 711. The number of rotatable bonds is 5. The highest BCUT2D eigenvalue weighted by Crippen LogP contribution is 2.26. The third-order valence-corrected chi connectivity index (χ3v) is 5.80. The number of piperidine rings is 1. The van der Waals surface area contributed by atoms with Crippen LogP contribution < -0.4 is 0 Å². The van der Waals surface area contributed by atoms with E-state index >= 15 is 0 Å². The first-order chi connectivity index (χ1) is 12.8. The largest absolute Gasteiger partial charge is 0.379 e. The Morgan fingerprint density at radius 3 is 2.96 bits per heavy atom. The summed E-state index contributed by atoms with van der Waals surface area (Å²) >= 11 is 1.61. The van der Waals surface area contributed by atoms with Gasteiger partial charge in [-0.05, 0) is 12.8 Å². The second-order valence-corrected chi connectivity index (χ2v) is 7.68. The fourth-order valence-electron chi connectivity index (χ4n) is 3.77. The molecule has 0 N–H and O–H groups in total. The lowest BCUT2D eigenvalue weighted by Crippen LogP contribution is -2.47. The Hall–Kier alpha value is -1.77. The van der Waals surface area contributed by atoms with Crippen LogP contribution in [-0.2, 0) is 16.1 Å². The zero-order chi connectivity index (χ0) is 17.8. The van der Waals surface area contributed by atoms with E-state index in [0.717, 1.165) is 70.3 Å². The maximum atomic E-state index is 12.7. The van der Waals surface area contributed by atoms with Crippen molar-refractivity contribution in [3.05, 3.63) is 34.8 Å². The molecule has 0 saturated carbocycles. The van der Waals surface area contributed by atoms with E-state index in [2.05, 4.69) is 24.8 Å². The van der Waals surface area contributed by atoms with Crippen molar-refractivity contribution in [2.24, 2.45) is 0 Å². The third kappa shape index (κ3) is 4.13. The number of thiazole rings is 1. The second-order valence-electron chi connectivity index (χ2n) is 6.96. The highest BCUT2D eigenvalue weighted by molar-refractivity contribution is 7.07. The summed E-state index contributed by atoms with van der Waals surface area (Å²) in [7, 11) is 0. The van der Waals surface area contributed by atoms with Crippen LogP contribution in [0.2, 0.25) is 0 Å². The van der Waals surface area contributed by atoms with Crippen LogP contribution in [0.4, 0.5) is 0 Å². The van der Waals surface area contributed by atoms with E-state index < -0.39 is 0 Å². The fourth-order valence-corrected chi connectivity index (χ4v) is 4.32. The Kier molecular flexibility index (Phi) is 5.62. The number of likely N-dealkylation sites (tertiary alicyclic amines) is 1. The standard InChI is InChI=1S/C18H25N5O2S/c24-17(12-21-6-8-25-9-7-21)22-4-1-2-15(10-22)18-19-3-5-23(18)11-16-13-26-14-20-16/h3,5,13-15H,1-2,4,6-12H2/t15-/m0/s1. The normalized spacial score (nSPS) is 21.8. The molecule has 1 amide bonds. The number of amides is 1. The third-order valence-electron chi connectivity index (χ3n) is 5.17. The van der Waals surface area contributed by atoms with Crippen LogP contribution in [0.1, 0.15) is 30.3 Å². The van der Waals surface area contributed by atoms with Crippen molar-refractivity contribution in [3.8, 4) is 0 Å². The Balaban J connectivity index is 1.39. The molecule has 4 heterocycles. The molecular weight excluding hydrogens is 350 g/mol. The Morgan fingerprint density at radius 2 is 2.15 bits per heavy atom. The van der Waals surface area contributed by atoms with E-state index in [-0.39, 0.29) is 5.91 Å². The number of hydrogen-bond acceptors (Lipinski definition) is 6. The van der Waals surface area contributed by atoms with Crippen molar-refractivity contribution < 1.29 is 9.53 Å². The van der Waals surface area contributed by atoms with E-state index in [1.165, 1.54) is 0 Å². The molecule has 2 aromatic rings. The molecule has 0 radical (unpaired) electrons. The topological polar surface area (TPSA) is 63.5 Å². The molecule has 2 saturated heterocycles. The van der Waals surface area contributed by atoms with E-state index in [4.69, 9.17) is 4.74 Å². The summed E-state index contributed by atoms with van der Waals surface area (Å²) in [5.74, 6) is 1.60. The molecule has 1 atom stereocenters. The summed E-state index contributed by atoms with van der Waals surface area (Å²) < 4.78 is 7.54. The molecule has 4 rings (SSSR count). The first-order valence-electron chi connectivity index (χ1n) is 9.25. The fraction of sp³-hybridized carbons (Fsp3) is 0.611. The predicted molar refractivity (Wildman–Crippen MR) is 99.3 cm³/mol. The summed E-state index contributed by atoms with van der Waals surface area (Å²) in [5, 5.41) is 2.07. The van der Waals surface area contributed by atoms with Gasteiger partial charge < -0.3 is 14.2 Å². The van der Waals surface area contributed by atoms with Gasteiger partial charge in [-0.15, -0.1) is 11.3 Å². The van der Waals surface area contributed by atoms with Gasteiger partial charge in [0.25, 0.3) is 0 Å². The molecule has 2 aromatic heterocycles. The summed E-state index contributed by atoms with van der Waals surface area (Å²) in [5.41, 5.74) is 2.92. The van der Waals surface area contributed by atoms with Crippen LogP contribution >= 0.6 is 11.3 Å². The van der Waals surface area contributed by atoms with Crippen molar-refractivity contribution in [3.63, 3.8) is 0 Å².